The van der Waals surface area contributed by atoms with Crippen LogP contribution in [0.4, 0.5) is 5.69 Å². The van der Waals surface area contributed by atoms with Crippen LogP contribution in [-0.4, -0.2) is 17.6 Å². The van der Waals surface area contributed by atoms with Crippen LogP contribution >= 0.6 is 0 Å². The van der Waals surface area contributed by atoms with Gasteiger partial charge in [-0.1, -0.05) is 20.8 Å². The van der Waals surface area contributed by atoms with Crippen LogP contribution in [0.3, 0.4) is 0 Å². The van der Waals surface area contributed by atoms with E-state index in [0.29, 0.717) is 12.6 Å². The fourth-order valence-electron chi connectivity index (χ4n) is 1.71. The number of pyridine rings is 1. The van der Waals surface area contributed by atoms with Gasteiger partial charge in [-0.25, -0.2) is 0 Å². The molecule has 0 bridgehead atoms. The first-order valence-corrected chi connectivity index (χ1v) is 5.82. The summed E-state index contributed by atoms with van der Waals surface area (Å²) in [6, 6.07) is 2.41. The number of rotatable bonds is 4. The minimum absolute atomic E-state index is 0.203. The van der Waals surface area contributed by atoms with Crippen molar-refractivity contribution in [1.82, 2.24) is 4.98 Å². The summed E-state index contributed by atoms with van der Waals surface area (Å²) in [6.07, 6.45) is 4.67. The number of aryl methyl sites for hydroxylation is 1. The molecule has 0 saturated heterocycles. The van der Waals surface area contributed by atoms with Crippen LogP contribution in [0.5, 0.6) is 0 Å². The van der Waals surface area contributed by atoms with E-state index in [9.17, 15) is 0 Å². The highest BCUT2D eigenvalue weighted by Crippen LogP contribution is 2.26. The van der Waals surface area contributed by atoms with Crippen molar-refractivity contribution < 1.29 is 0 Å². The average Bonchev–Trinajstić information content (AvgIpc) is 2.19. The highest BCUT2D eigenvalue weighted by atomic mass is 14.9. The van der Waals surface area contributed by atoms with Crippen LogP contribution in [0.25, 0.3) is 0 Å². The monoisotopic (exact) mass is 221 g/mol. The van der Waals surface area contributed by atoms with Crippen molar-refractivity contribution in [2.24, 2.45) is 11.1 Å². The Bertz CT molecular complexity index is 328. The summed E-state index contributed by atoms with van der Waals surface area (Å²) in [5, 5.41) is 3.57. The zero-order valence-electron chi connectivity index (χ0n) is 10.7. The number of aromatic nitrogens is 1. The molecular weight excluding hydrogens is 198 g/mol. The summed E-state index contributed by atoms with van der Waals surface area (Å²) in [6.45, 7) is 9.47. The second-order valence-electron chi connectivity index (χ2n) is 5.33. The van der Waals surface area contributed by atoms with Crippen molar-refractivity contribution in [2.45, 2.75) is 40.2 Å². The molecule has 0 aromatic carbocycles. The van der Waals surface area contributed by atoms with E-state index in [1.807, 2.05) is 18.5 Å². The summed E-state index contributed by atoms with van der Waals surface area (Å²) >= 11 is 0. The first-order chi connectivity index (χ1) is 7.45. The lowest BCUT2D eigenvalue weighted by atomic mass is 9.84. The van der Waals surface area contributed by atoms with Gasteiger partial charge in [-0.15, -0.1) is 0 Å². The van der Waals surface area contributed by atoms with Crippen molar-refractivity contribution in [3.63, 3.8) is 0 Å². The van der Waals surface area contributed by atoms with E-state index >= 15 is 0 Å². The van der Waals surface area contributed by atoms with Gasteiger partial charge in [0.25, 0.3) is 0 Å². The van der Waals surface area contributed by atoms with Gasteiger partial charge < -0.3 is 11.1 Å². The molecular formula is C13H23N3. The van der Waals surface area contributed by atoms with Crippen LogP contribution in [0.15, 0.2) is 18.5 Å². The van der Waals surface area contributed by atoms with E-state index in [2.05, 4.69) is 38.0 Å². The molecule has 90 valence electrons. The van der Waals surface area contributed by atoms with Gasteiger partial charge >= 0.3 is 0 Å². The Hall–Kier alpha value is -1.09. The van der Waals surface area contributed by atoms with Gasteiger partial charge in [0, 0.05) is 24.1 Å². The Labute approximate surface area is 98.5 Å². The van der Waals surface area contributed by atoms with Crippen molar-refractivity contribution in [3.05, 3.63) is 24.0 Å². The van der Waals surface area contributed by atoms with Crippen molar-refractivity contribution in [2.75, 3.05) is 11.9 Å². The van der Waals surface area contributed by atoms with Gasteiger partial charge in [-0.05, 0) is 36.9 Å². The highest BCUT2D eigenvalue weighted by Gasteiger charge is 2.23. The predicted molar refractivity (Wildman–Crippen MR) is 69.5 cm³/mol. The lowest BCUT2D eigenvalue weighted by molar-refractivity contribution is 0.328. The molecule has 0 amide bonds. The fourth-order valence-corrected chi connectivity index (χ4v) is 1.71. The molecule has 3 nitrogen and oxygen atoms in total. The molecule has 0 aliphatic carbocycles. The van der Waals surface area contributed by atoms with Gasteiger partial charge in [0.2, 0.25) is 0 Å². The van der Waals surface area contributed by atoms with Crippen molar-refractivity contribution >= 4 is 5.69 Å². The SMILES string of the molecule is Cc1cnccc1NC(CCN)C(C)(C)C. The third-order valence-corrected chi connectivity index (χ3v) is 2.85. The van der Waals surface area contributed by atoms with Gasteiger partial charge in [-0.3, -0.25) is 4.98 Å². The Balaban J connectivity index is 2.80. The molecule has 0 spiro atoms. The highest BCUT2D eigenvalue weighted by molar-refractivity contribution is 5.49. The molecule has 1 aromatic heterocycles. The number of hydrogen-bond acceptors (Lipinski definition) is 3. The third-order valence-electron chi connectivity index (χ3n) is 2.85. The molecule has 3 N–H and O–H groups in total. The molecule has 1 rings (SSSR count). The molecule has 1 unspecified atom stereocenters. The van der Waals surface area contributed by atoms with Crippen LogP contribution in [0.1, 0.15) is 32.8 Å². The molecule has 1 atom stereocenters. The van der Waals surface area contributed by atoms with E-state index < -0.39 is 0 Å². The standard InChI is InChI=1S/C13H23N3/c1-10-9-15-8-6-11(10)16-12(5-7-14)13(2,3)4/h6,8-9,12H,5,7,14H2,1-4H3,(H,15,16). The van der Waals surface area contributed by atoms with Crippen molar-refractivity contribution in [1.29, 1.82) is 0 Å². The zero-order chi connectivity index (χ0) is 12.2. The molecule has 0 aliphatic heterocycles. The normalized spacial score (nSPS) is 13.6. The van der Waals surface area contributed by atoms with Gasteiger partial charge in [0.1, 0.15) is 0 Å². The minimum Gasteiger partial charge on any atom is -0.381 e. The molecule has 0 aliphatic rings. The van der Waals surface area contributed by atoms with E-state index in [0.717, 1.165) is 12.1 Å². The fraction of sp³-hybridized carbons (Fsp3) is 0.615. The Morgan fingerprint density at radius 2 is 2.12 bits per heavy atom. The molecule has 0 fully saturated rings. The van der Waals surface area contributed by atoms with E-state index in [-0.39, 0.29) is 5.41 Å². The topological polar surface area (TPSA) is 50.9 Å². The summed E-state index contributed by atoms with van der Waals surface area (Å²) in [7, 11) is 0. The van der Waals surface area contributed by atoms with Crippen LogP contribution in [0.2, 0.25) is 0 Å². The number of nitrogens with zero attached hydrogens (tertiary/aromatic N) is 1. The summed E-state index contributed by atoms with van der Waals surface area (Å²) in [5.74, 6) is 0. The second kappa shape index (κ2) is 5.30. The lowest BCUT2D eigenvalue weighted by Crippen LogP contribution is -2.36. The molecule has 1 heterocycles. The smallest absolute Gasteiger partial charge is 0.0403 e. The quantitative estimate of drug-likeness (QED) is 0.821. The predicted octanol–water partition coefficient (Wildman–Crippen LogP) is 2.57. The van der Waals surface area contributed by atoms with Gasteiger partial charge in [0.15, 0.2) is 0 Å². The zero-order valence-corrected chi connectivity index (χ0v) is 10.7. The van der Waals surface area contributed by atoms with Crippen LogP contribution < -0.4 is 11.1 Å². The summed E-state index contributed by atoms with van der Waals surface area (Å²) in [4.78, 5) is 4.10. The van der Waals surface area contributed by atoms with Crippen molar-refractivity contribution in [3.8, 4) is 0 Å². The molecule has 0 radical (unpaired) electrons. The largest absolute Gasteiger partial charge is 0.381 e. The Kier molecular flexibility index (Phi) is 4.30. The third kappa shape index (κ3) is 3.49. The summed E-state index contributed by atoms with van der Waals surface area (Å²) in [5.41, 5.74) is 8.20. The van der Waals surface area contributed by atoms with Gasteiger partial charge in [0.05, 0.1) is 0 Å². The maximum Gasteiger partial charge on any atom is 0.0403 e. The van der Waals surface area contributed by atoms with Crippen LogP contribution in [-0.2, 0) is 0 Å². The minimum atomic E-state index is 0.203. The first-order valence-electron chi connectivity index (χ1n) is 5.82. The number of anilines is 1. The van der Waals surface area contributed by atoms with E-state index in [4.69, 9.17) is 5.73 Å². The number of nitrogens with two attached hydrogens (primary N) is 1. The van der Waals surface area contributed by atoms with E-state index in [1.165, 1.54) is 5.56 Å². The molecule has 16 heavy (non-hydrogen) atoms. The maximum atomic E-state index is 5.67. The Morgan fingerprint density at radius 1 is 1.44 bits per heavy atom. The lowest BCUT2D eigenvalue weighted by Gasteiger charge is -2.32. The van der Waals surface area contributed by atoms with Gasteiger partial charge in [-0.2, -0.15) is 0 Å². The molecule has 3 heteroatoms. The number of hydrogen-bond donors (Lipinski definition) is 2. The maximum absolute atomic E-state index is 5.67. The second-order valence-corrected chi connectivity index (χ2v) is 5.33. The summed E-state index contributed by atoms with van der Waals surface area (Å²) < 4.78 is 0. The Morgan fingerprint density at radius 3 is 2.62 bits per heavy atom. The average molecular weight is 221 g/mol. The van der Waals surface area contributed by atoms with Crippen LogP contribution in [0, 0.1) is 12.3 Å². The molecule has 0 saturated carbocycles. The van der Waals surface area contributed by atoms with E-state index in [1.54, 1.807) is 0 Å². The first kappa shape index (κ1) is 13.0. The number of nitrogens with one attached hydrogen (secondary N) is 1. The molecule has 1 aromatic rings.